The lowest BCUT2D eigenvalue weighted by Gasteiger charge is -2.62. The zero-order valence-corrected chi connectivity index (χ0v) is 29.9. The Hall–Kier alpha value is -3.99. The minimum atomic E-state index is -1.54. The molecule has 3 aliphatic rings. The van der Waals surface area contributed by atoms with Crippen molar-refractivity contribution in [3.63, 3.8) is 0 Å². The molecule has 1 heterocycles. The molecular formula is C38H52O11. The third kappa shape index (κ3) is 8.98. The van der Waals surface area contributed by atoms with Crippen molar-refractivity contribution in [1.82, 2.24) is 0 Å². The summed E-state index contributed by atoms with van der Waals surface area (Å²) in [5, 5.41) is 0. The highest BCUT2D eigenvalue weighted by Gasteiger charge is 2.75. The number of ether oxygens (including phenoxy) is 6. The molecular weight excluding hydrogens is 632 g/mol. The molecule has 2 aliphatic carbocycles. The Morgan fingerprint density at radius 1 is 0.939 bits per heavy atom. The zero-order valence-electron chi connectivity index (χ0n) is 29.9. The number of unbranched alkanes of at least 4 members (excludes halogenated alkanes) is 3. The Morgan fingerprint density at radius 3 is 2.18 bits per heavy atom. The van der Waals surface area contributed by atoms with Gasteiger partial charge in [-0.3, -0.25) is 23.9 Å². The van der Waals surface area contributed by atoms with Crippen LogP contribution in [0.25, 0.3) is 0 Å². The molecule has 1 spiro atoms. The molecule has 1 saturated heterocycles. The predicted octanol–water partition coefficient (Wildman–Crippen LogP) is 6.37. The van der Waals surface area contributed by atoms with E-state index in [1.54, 1.807) is 24.3 Å². The minimum Gasteiger partial charge on any atom is -0.458 e. The topological polar surface area (TPSA) is 141 Å². The van der Waals surface area contributed by atoms with E-state index < -0.39 is 83.4 Å². The lowest BCUT2D eigenvalue weighted by molar-refractivity contribution is -0.279. The van der Waals surface area contributed by atoms with Gasteiger partial charge in [0.15, 0.2) is 6.10 Å². The van der Waals surface area contributed by atoms with Crippen molar-refractivity contribution >= 4 is 29.8 Å². The van der Waals surface area contributed by atoms with E-state index in [9.17, 15) is 24.0 Å². The number of carbonyl (C=O) groups excluding carboxylic acids is 5. The molecule has 49 heavy (non-hydrogen) atoms. The van der Waals surface area contributed by atoms with Crippen LogP contribution >= 0.6 is 0 Å². The van der Waals surface area contributed by atoms with Crippen molar-refractivity contribution in [3.05, 3.63) is 60.8 Å². The van der Waals surface area contributed by atoms with E-state index in [-0.39, 0.29) is 12.0 Å². The van der Waals surface area contributed by atoms with Crippen molar-refractivity contribution in [2.45, 2.75) is 124 Å². The van der Waals surface area contributed by atoms with E-state index in [1.807, 2.05) is 19.9 Å². The summed E-state index contributed by atoms with van der Waals surface area (Å²) in [5.74, 6) is -4.35. The molecule has 0 bridgehead atoms. The monoisotopic (exact) mass is 684 g/mol. The first-order valence-electron chi connectivity index (χ1n) is 17.0. The highest BCUT2D eigenvalue weighted by atomic mass is 16.8. The van der Waals surface area contributed by atoms with Crippen LogP contribution in [0.3, 0.4) is 0 Å². The second-order valence-corrected chi connectivity index (χ2v) is 13.4. The van der Waals surface area contributed by atoms with Gasteiger partial charge in [0.25, 0.3) is 0 Å². The summed E-state index contributed by atoms with van der Waals surface area (Å²) in [6.45, 7) is 18.9. The molecule has 0 unspecified atom stereocenters. The fourth-order valence-corrected chi connectivity index (χ4v) is 7.71. The second-order valence-electron chi connectivity index (χ2n) is 13.4. The van der Waals surface area contributed by atoms with E-state index in [4.69, 9.17) is 28.4 Å². The normalized spacial score (nSPS) is 32.0. The second kappa shape index (κ2) is 17.1. The highest BCUT2D eigenvalue weighted by molar-refractivity contribution is 5.82. The number of hydrogen-bond acceptors (Lipinski definition) is 11. The fraction of sp³-hybridized carbons (Fsp3) is 0.605. The summed E-state index contributed by atoms with van der Waals surface area (Å²) < 4.78 is 35.8. The summed E-state index contributed by atoms with van der Waals surface area (Å²) in [4.78, 5) is 63.8. The van der Waals surface area contributed by atoms with Gasteiger partial charge in [0.2, 0.25) is 12.6 Å². The molecule has 2 fully saturated rings. The molecule has 11 heteroatoms. The first kappa shape index (κ1) is 39.4. The van der Waals surface area contributed by atoms with Crippen LogP contribution in [0.15, 0.2) is 60.8 Å². The van der Waals surface area contributed by atoms with E-state index in [0.717, 1.165) is 31.3 Å². The number of esters is 5. The van der Waals surface area contributed by atoms with Crippen LogP contribution in [0.4, 0.5) is 0 Å². The lowest BCUT2D eigenvalue weighted by atomic mass is 9.44. The van der Waals surface area contributed by atoms with E-state index >= 15 is 0 Å². The molecule has 1 aliphatic heterocycles. The quantitative estimate of drug-likeness (QED) is 0.0474. The maximum absolute atomic E-state index is 13.6. The lowest BCUT2D eigenvalue weighted by Crippen LogP contribution is -2.69. The highest BCUT2D eigenvalue weighted by Crippen LogP contribution is 2.68. The van der Waals surface area contributed by atoms with Crippen LogP contribution in [-0.2, 0) is 52.4 Å². The molecule has 0 N–H and O–H groups in total. The number of allylic oxidation sites excluding steroid dienone is 5. The average molecular weight is 685 g/mol. The van der Waals surface area contributed by atoms with Gasteiger partial charge in [-0.1, -0.05) is 76.6 Å². The van der Waals surface area contributed by atoms with E-state index in [0.29, 0.717) is 12.8 Å². The molecule has 1 saturated carbocycles. The first-order chi connectivity index (χ1) is 23.1. The van der Waals surface area contributed by atoms with Gasteiger partial charge in [-0.25, -0.2) is 4.79 Å². The SMILES string of the molecule is C=CC(=C)CC[C@@]1(C)[C@@H](C)[C@H](OC(C)=O)[C@@H](OC(=O)/C=C/C=C/CCCCC)[C@]23C(=C[C@@H](OC(C)=O)C[C@@H]12)[C@H](OC(C)=O)O[C@H]3OC(C)=O. The maximum atomic E-state index is 13.6. The summed E-state index contributed by atoms with van der Waals surface area (Å²) in [7, 11) is 0. The zero-order chi connectivity index (χ0) is 36.5. The van der Waals surface area contributed by atoms with Gasteiger partial charge in [0.1, 0.15) is 17.6 Å². The smallest absolute Gasteiger partial charge is 0.331 e. The van der Waals surface area contributed by atoms with Crippen molar-refractivity contribution in [1.29, 1.82) is 0 Å². The Labute approximate surface area is 289 Å². The molecule has 0 radical (unpaired) electrons. The van der Waals surface area contributed by atoms with Gasteiger partial charge in [0, 0.05) is 45.3 Å². The molecule has 0 aromatic carbocycles. The van der Waals surface area contributed by atoms with Gasteiger partial charge in [-0.05, 0) is 49.5 Å². The van der Waals surface area contributed by atoms with Crippen molar-refractivity contribution in [2.75, 3.05) is 0 Å². The van der Waals surface area contributed by atoms with Gasteiger partial charge in [-0.2, -0.15) is 0 Å². The van der Waals surface area contributed by atoms with Crippen molar-refractivity contribution < 1.29 is 52.4 Å². The first-order valence-corrected chi connectivity index (χ1v) is 17.0. The van der Waals surface area contributed by atoms with Crippen molar-refractivity contribution in [3.8, 4) is 0 Å². The minimum absolute atomic E-state index is 0.204. The number of carbonyl (C=O) groups is 5. The standard InChI is InChI=1S/C38H52O11/c1-10-12-13-14-15-16-17-18-32(43)48-34-33(45-26(6)40)24(4)37(9,20-19-23(3)11-2)31-22-29(44-25(5)39)21-30-35(46-27(7)41)49-36(38(30,31)34)47-28(8)42/h11,15-18,21,24,29,31,33-36H,2-3,10,12-14,19-20,22H2,1,4-9H3/b16-15+,18-17+/t24-,29+,31-,33-,34+,35+,36+,37-,38-/m0/s1. The van der Waals surface area contributed by atoms with Gasteiger partial charge < -0.3 is 23.7 Å². The van der Waals surface area contributed by atoms with Crippen LogP contribution in [0, 0.1) is 22.7 Å². The van der Waals surface area contributed by atoms with Gasteiger partial charge in [0.05, 0.1) is 0 Å². The Kier molecular flexibility index (Phi) is 13.8. The third-order valence-corrected chi connectivity index (χ3v) is 10.0. The molecule has 9 atom stereocenters. The molecule has 0 amide bonds. The molecule has 0 aromatic rings. The van der Waals surface area contributed by atoms with Crippen LogP contribution in [0.1, 0.15) is 93.4 Å². The summed E-state index contributed by atoms with van der Waals surface area (Å²) in [6.07, 6.45) is 9.13. The predicted molar refractivity (Wildman–Crippen MR) is 180 cm³/mol. The van der Waals surface area contributed by atoms with E-state index in [2.05, 4.69) is 20.1 Å². The van der Waals surface area contributed by atoms with Crippen molar-refractivity contribution in [2.24, 2.45) is 22.7 Å². The van der Waals surface area contributed by atoms with E-state index in [1.165, 1.54) is 33.8 Å². The summed E-state index contributed by atoms with van der Waals surface area (Å²) >= 11 is 0. The largest absolute Gasteiger partial charge is 0.458 e. The van der Waals surface area contributed by atoms with Crippen LogP contribution in [-0.4, -0.2) is 60.7 Å². The Morgan fingerprint density at radius 2 is 1.59 bits per heavy atom. The molecule has 270 valence electrons. The summed E-state index contributed by atoms with van der Waals surface area (Å²) in [5.41, 5.74) is -1.27. The summed E-state index contributed by atoms with van der Waals surface area (Å²) in [6, 6.07) is 0. The fourth-order valence-electron chi connectivity index (χ4n) is 7.71. The van der Waals surface area contributed by atoms with Crippen LogP contribution in [0.5, 0.6) is 0 Å². The van der Waals surface area contributed by atoms with Gasteiger partial charge >= 0.3 is 29.8 Å². The van der Waals surface area contributed by atoms with Crippen LogP contribution < -0.4 is 0 Å². The van der Waals surface area contributed by atoms with Crippen LogP contribution in [0.2, 0.25) is 0 Å². The Balaban J connectivity index is 2.31. The number of rotatable bonds is 15. The molecule has 3 rings (SSSR count). The Bertz CT molecular complexity index is 1380. The number of hydrogen-bond donors (Lipinski definition) is 0. The van der Waals surface area contributed by atoms with Gasteiger partial charge in [-0.15, -0.1) is 0 Å². The average Bonchev–Trinajstić information content (AvgIpc) is 3.30. The maximum Gasteiger partial charge on any atom is 0.331 e. The molecule has 11 nitrogen and oxygen atoms in total. The third-order valence-electron chi connectivity index (χ3n) is 10.0. The molecule has 0 aromatic heterocycles.